The van der Waals surface area contributed by atoms with Crippen LogP contribution in [0.1, 0.15) is 15.9 Å². The molecule has 24 heavy (non-hydrogen) atoms. The molecule has 0 aliphatic rings. The molecule has 0 atom stereocenters. The van der Waals surface area contributed by atoms with Gasteiger partial charge in [-0.05, 0) is 18.2 Å². The van der Waals surface area contributed by atoms with Crippen molar-refractivity contribution in [2.75, 3.05) is 0 Å². The maximum Gasteiger partial charge on any atom is 0.286 e. The first-order chi connectivity index (χ1) is 11.8. The van der Waals surface area contributed by atoms with Crippen molar-refractivity contribution in [3.8, 4) is 0 Å². The van der Waals surface area contributed by atoms with Gasteiger partial charge in [0.25, 0.3) is 5.91 Å². The summed E-state index contributed by atoms with van der Waals surface area (Å²) >= 11 is 0. The molecular weight excluding hydrogens is 300 g/mol. The minimum absolute atomic E-state index is 0.189. The van der Waals surface area contributed by atoms with Crippen molar-refractivity contribution in [1.82, 2.24) is 15.0 Å². The Morgan fingerprint density at radius 3 is 2.62 bits per heavy atom. The number of hydrogen-bond donors (Lipinski definition) is 0. The highest BCUT2D eigenvalue weighted by atomic mass is 16.2. The molecule has 116 valence electrons. The maximum absolute atomic E-state index is 12.8. The molecule has 0 saturated carbocycles. The van der Waals surface area contributed by atoms with Crippen LogP contribution in [0.5, 0.6) is 0 Å². The van der Waals surface area contributed by atoms with Gasteiger partial charge >= 0.3 is 0 Å². The van der Waals surface area contributed by atoms with Crippen LogP contribution in [0.3, 0.4) is 0 Å². The van der Waals surface area contributed by atoms with E-state index in [-0.39, 0.29) is 5.91 Å². The van der Waals surface area contributed by atoms with Crippen LogP contribution in [0.2, 0.25) is 0 Å². The summed E-state index contributed by atoms with van der Waals surface area (Å²) in [6.45, 7) is 0.708. The van der Waals surface area contributed by atoms with Gasteiger partial charge in [0.2, 0.25) is 0 Å². The van der Waals surface area contributed by atoms with Crippen molar-refractivity contribution in [3.63, 3.8) is 0 Å². The van der Waals surface area contributed by atoms with Crippen molar-refractivity contribution in [2.45, 2.75) is 6.54 Å². The van der Waals surface area contributed by atoms with Crippen LogP contribution in [-0.4, -0.2) is 20.9 Å². The Balaban J connectivity index is 1.67. The van der Waals surface area contributed by atoms with Gasteiger partial charge in [-0.25, -0.2) is 0 Å². The summed E-state index contributed by atoms with van der Waals surface area (Å²) in [6, 6.07) is 21.2. The van der Waals surface area contributed by atoms with Crippen molar-refractivity contribution in [2.24, 2.45) is 0 Å². The van der Waals surface area contributed by atoms with Gasteiger partial charge in [-0.15, -0.1) is 5.10 Å². The molecule has 5 nitrogen and oxygen atoms in total. The lowest BCUT2D eigenvalue weighted by molar-refractivity contribution is -0.688. The predicted octanol–water partition coefficient (Wildman–Crippen LogP) is 2.46. The number of benzene rings is 2. The van der Waals surface area contributed by atoms with Crippen LogP contribution in [0.4, 0.5) is 0 Å². The van der Waals surface area contributed by atoms with Crippen LogP contribution >= 0.6 is 0 Å². The number of hydrogen-bond acceptors (Lipinski definition) is 3. The molecular formula is C19H15N4O+. The number of carbonyl (C=O) groups excluding carboxylic acids is 1. The third kappa shape index (κ3) is 2.67. The van der Waals surface area contributed by atoms with Gasteiger partial charge in [-0.3, -0.25) is 4.79 Å². The highest BCUT2D eigenvalue weighted by Crippen LogP contribution is 2.11. The smallest absolute Gasteiger partial charge is 0.266 e. The summed E-state index contributed by atoms with van der Waals surface area (Å²) in [4.78, 5) is 12.8. The highest BCUT2D eigenvalue weighted by molar-refractivity contribution is 5.99. The van der Waals surface area contributed by atoms with Gasteiger partial charge in [-0.1, -0.05) is 47.7 Å². The van der Waals surface area contributed by atoms with Gasteiger partial charge in [0, 0.05) is 11.6 Å². The number of carbonyl (C=O) groups is 1. The second-order valence-corrected chi connectivity index (χ2v) is 5.55. The van der Waals surface area contributed by atoms with Crippen molar-refractivity contribution >= 4 is 16.9 Å². The van der Waals surface area contributed by atoms with Gasteiger partial charge in [0.05, 0.1) is 5.52 Å². The average Bonchev–Trinajstić information content (AvgIpc) is 3.06. The number of aromatic nitrogens is 4. The molecule has 0 radical (unpaired) electrons. The van der Waals surface area contributed by atoms with E-state index in [0.717, 1.165) is 0 Å². The standard InChI is InChI=1S/C19H15N4O/c24-19(23-18-11-5-4-10-17(18)20-21-23)16-9-6-12-22(14-16)13-15-7-2-1-3-8-15/h1-12,14H,13H2/q+1. The van der Waals surface area contributed by atoms with Gasteiger partial charge in [0.1, 0.15) is 11.1 Å². The second kappa shape index (κ2) is 6.04. The van der Waals surface area contributed by atoms with E-state index in [1.807, 2.05) is 65.5 Å². The summed E-state index contributed by atoms with van der Waals surface area (Å²) in [7, 11) is 0. The molecule has 0 amide bonds. The normalized spacial score (nSPS) is 10.8. The minimum atomic E-state index is -0.189. The van der Waals surface area contributed by atoms with Crippen LogP contribution < -0.4 is 4.57 Å². The van der Waals surface area contributed by atoms with E-state index in [0.29, 0.717) is 23.1 Å². The summed E-state index contributed by atoms with van der Waals surface area (Å²) in [5, 5.41) is 8.03. The molecule has 0 saturated heterocycles. The van der Waals surface area contributed by atoms with Gasteiger partial charge < -0.3 is 0 Å². The fourth-order valence-electron chi connectivity index (χ4n) is 2.68. The fourth-order valence-corrected chi connectivity index (χ4v) is 2.68. The quantitative estimate of drug-likeness (QED) is 0.546. The van der Waals surface area contributed by atoms with E-state index >= 15 is 0 Å². The largest absolute Gasteiger partial charge is 0.286 e. The van der Waals surface area contributed by atoms with Crippen LogP contribution in [-0.2, 0) is 6.54 Å². The number of fused-ring (bicyclic) bond motifs is 1. The summed E-state index contributed by atoms with van der Waals surface area (Å²) < 4.78 is 3.33. The first-order valence-corrected chi connectivity index (χ1v) is 7.69. The summed E-state index contributed by atoms with van der Waals surface area (Å²) in [6.07, 6.45) is 3.79. The Bertz CT molecular complexity index is 1010. The van der Waals surface area contributed by atoms with Crippen molar-refractivity contribution in [3.05, 3.63) is 90.3 Å². The van der Waals surface area contributed by atoms with Gasteiger partial charge in [-0.2, -0.15) is 9.25 Å². The maximum atomic E-state index is 12.8. The fraction of sp³-hybridized carbons (Fsp3) is 0.0526. The molecule has 5 heteroatoms. The molecule has 4 rings (SSSR count). The zero-order chi connectivity index (χ0) is 16.4. The highest BCUT2D eigenvalue weighted by Gasteiger charge is 2.17. The number of pyridine rings is 1. The Kier molecular flexibility index (Phi) is 3.59. The minimum Gasteiger partial charge on any atom is -0.266 e. The molecule has 0 bridgehead atoms. The van der Waals surface area contributed by atoms with E-state index in [9.17, 15) is 4.79 Å². The lowest BCUT2D eigenvalue weighted by atomic mass is 10.2. The molecule has 0 aliphatic carbocycles. The zero-order valence-corrected chi connectivity index (χ0v) is 12.9. The third-order valence-corrected chi connectivity index (χ3v) is 3.86. The molecule has 2 heterocycles. The molecule has 2 aromatic heterocycles. The van der Waals surface area contributed by atoms with E-state index < -0.39 is 0 Å². The molecule has 0 spiro atoms. The Morgan fingerprint density at radius 1 is 0.958 bits per heavy atom. The first kappa shape index (κ1) is 14.3. The van der Waals surface area contributed by atoms with Crippen LogP contribution in [0, 0.1) is 0 Å². The average molecular weight is 315 g/mol. The van der Waals surface area contributed by atoms with Crippen LogP contribution in [0.25, 0.3) is 11.0 Å². The van der Waals surface area contributed by atoms with Crippen molar-refractivity contribution < 1.29 is 9.36 Å². The Morgan fingerprint density at radius 2 is 1.75 bits per heavy atom. The topological polar surface area (TPSA) is 51.7 Å². The summed E-state index contributed by atoms with van der Waals surface area (Å²) in [5.74, 6) is -0.189. The number of nitrogens with zero attached hydrogens (tertiary/aromatic N) is 4. The molecule has 4 aromatic rings. The Labute approximate surface area is 138 Å². The second-order valence-electron chi connectivity index (χ2n) is 5.55. The molecule has 0 N–H and O–H groups in total. The molecule has 0 unspecified atom stereocenters. The number of rotatable bonds is 3. The van der Waals surface area contributed by atoms with E-state index in [2.05, 4.69) is 22.4 Å². The monoisotopic (exact) mass is 315 g/mol. The third-order valence-electron chi connectivity index (χ3n) is 3.86. The van der Waals surface area contributed by atoms with E-state index in [1.165, 1.54) is 10.2 Å². The lowest BCUT2D eigenvalue weighted by Gasteiger charge is -2.02. The number of para-hydroxylation sites is 1. The molecule has 2 aromatic carbocycles. The Hall–Kier alpha value is -3.34. The zero-order valence-electron chi connectivity index (χ0n) is 12.9. The van der Waals surface area contributed by atoms with E-state index in [1.54, 1.807) is 6.07 Å². The molecule has 0 aliphatic heterocycles. The SMILES string of the molecule is O=C(c1ccc[n+](Cc2ccccc2)c1)n1nnc2ccccc21. The summed E-state index contributed by atoms with van der Waals surface area (Å²) in [5.41, 5.74) is 3.17. The first-order valence-electron chi connectivity index (χ1n) is 7.69. The predicted molar refractivity (Wildman–Crippen MR) is 89.4 cm³/mol. The van der Waals surface area contributed by atoms with Gasteiger partial charge in [0.15, 0.2) is 18.9 Å². The van der Waals surface area contributed by atoms with E-state index in [4.69, 9.17) is 0 Å². The van der Waals surface area contributed by atoms with Crippen molar-refractivity contribution in [1.29, 1.82) is 0 Å². The van der Waals surface area contributed by atoms with Crippen LogP contribution in [0.15, 0.2) is 79.1 Å². The molecule has 0 fully saturated rings. The lowest BCUT2D eigenvalue weighted by Crippen LogP contribution is -2.34.